The van der Waals surface area contributed by atoms with Gasteiger partial charge in [-0.3, -0.25) is 0 Å². The van der Waals surface area contributed by atoms with Crippen LogP contribution in [0.1, 0.15) is 19.0 Å². The number of rotatable bonds is 4. The molecule has 4 nitrogen and oxygen atoms in total. The Labute approximate surface area is 89.8 Å². The van der Waals surface area contributed by atoms with Crippen molar-refractivity contribution in [2.45, 2.75) is 19.4 Å². The summed E-state index contributed by atoms with van der Waals surface area (Å²) in [4.78, 5) is 6.08. The van der Waals surface area contributed by atoms with Crippen LogP contribution in [-0.4, -0.2) is 29.8 Å². The number of aliphatic hydroxyl groups is 1. The molecule has 80 valence electrons. The van der Waals surface area contributed by atoms with Gasteiger partial charge in [-0.2, -0.15) is 5.26 Å². The maximum Gasteiger partial charge on any atom is 0.142 e. The molecule has 1 aromatic heterocycles. The lowest BCUT2D eigenvalue weighted by molar-refractivity contribution is 0.187. The van der Waals surface area contributed by atoms with Gasteiger partial charge in [-0.1, -0.05) is 6.07 Å². The molecule has 0 aliphatic rings. The van der Waals surface area contributed by atoms with Crippen molar-refractivity contribution in [3.05, 3.63) is 23.9 Å². The SMILES string of the molecule is CC(O)CCN(C)c1cccc(C#N)n1. The average molecular weight is 205 g/mol. The van der Waals surface area contributed by atoms with E-state index in [1.54, 1.807) is 19.1 Å². The number of aliphatic hydroxyl groups excluding tert-OH is 1. The van der Waals surface area contributed by atoms with Gasteiger partial charge in [-0.05, 0) is 25.5 Å². The fraction of sp³-hybridized carbons (Fsp3) is 0.455. The highest BCUT2D eigenvalue weighted by atomic mass is 16.3. The Hall–Kier alpha value is -1.60. The highest BCUT2D eigenvalue weighted by Crippen LogP contribution is 2.09. The van der Waals surface area contributed by atoms with E-state index in [1.165, 1.54) is 0 Å². The minimum atomic E-state index is -0.313. The molecule has 0 radical (unpaired) electrons. The van der Waals surface area contributed by atoms with Crippen molar-refractivity contribution in [2.24, 2.45) is 0 Å². The van der Waals surface area contributed by atoms with E-state index in [2.05, 4.69) is 4.98 Å². The summed E-state index contributed by atoms with van der Waals surface area (Å²) >= 11 is 0. The molecule has 0 aromatic carbocycles. The van der Waals surface area contributed by atoms with Gasteiger partial charge in [-0.15, -0.1) is 0 Å². The standard InChI is InChI=1S/C11H15N3O/c1-9(15)6-7-14(2)11-5-3-4-10(8-12)13-11/h3-5,9,15H,6-7H2,1-2H3. The van der Waals surface area contributed by atoms with Crippen molar-refractivity contribution in [1.82, 2.24) is 4.98 Å². The number of nitriles is 1. The fourth-order valence-electron chi connectivity index (χ4n) is 1.19. The van der Waals surface area contributed by atoms with Crippen LogP contribution < -0.4 is 4.90 Å². The van der Waals surface area contributed by atoms with Crippen LogP contribution in [0, 0.1) is 11.3 Å². The largest absolute Gasteiger partial charge is 0.393 e. The van der Waals surface area contributed by atoms with E-state index in [0.717, 1.165) is 12.4 Å². The Bertz CT molecular complexity index is 357. The number of anilines is 1. The molecule has 1 aromatic rings. The summed E-state index contributed by atoms with van der Waals surface area (Å²) in [7, 11) is 1.89. The van der Waals surface area contributed by atoms with Crippen LogP contribution in [0.15, 0.2) is 18.2 Å². The van der Waals surface area contributed by atoms with E-state index in [-0.39, 0.29) is 6.10 Å². The van der Waals surface area contributed by atoms with Crippen LogP contribution in [0.4, 0.5) is 5.82 Å². The normalized spacial score (nSPS) is 11.9. The van der Waals surface area contributed by atoms with Crippen LogP contribution >= 0.6 is 0 Å². The number of aromatic nitrogens is 1. The van der Waals surface area contributed by atoms with Gasteiger partial charge in [-0.25, -0.2) is 4.98 Å². The Morgan fingerprint density at radius 2 is 2.33 bits per heavy atom. The molecule has 0 aliphatic heterocycles. The summed E-state index contributed by atoms with van der Waals surface area (Å²) in [6.07, 6.45) is 0.376. The van der Waals surface area contributed by atoms with Gasteiger partial charge < -0.3 is 10.0 Å². The first kappa shape index (κ1) is 11.5. The van der Waals surface area contributed by atoms with Gasteiger partial charge in [0.05, 0.1) is 6.10 Å². The van der Waals surface area contributed by atoms with E-state index in [0.29, 0.717) is 12.1 Å². The fourth-order valence-corrected chi connectivity index (χ4v) is 1.19. The maximum absolute atomic E-state index is 9.15. The molecule has 0 aliphatic carbocycles. The van der Waals surface area contributed by atoms with E-state index >= 15 is 0 Å². The average Bonchev–Trinajstić information content (AvgIpc) is 2.26. The molecule has 0 fully saturated rings. The monoisotopic (exact) mass is 205 g/mol. The minimum absolute atomic E-state index is 0.313. The van der Waals surface area contributed by atoms with E-state index in [9.17, 15) is 0 Å². The maximum atomic E-state index is 9.15. The Morgan fingerprint density at radius 1 is 1.60 bits per heavy atom. The molecule has 0 bridgehead atoms. The van der Waals surface area contributed by atoms with Gasteiger partial charge >= 0.3 is 0 Å². The summed E-state index contributed by atoms with van der Waals surface area (Å²) in [5, 5.41) is 17.8. The molecule has 15 heavy (non-hydrogen) atoms. The lowest BCUT2D eigenvalue weighted by atomic mass is 10.2. The second-order valence-corrected chi connectivity index (χ2v) is 3.55. The third kappa shape index (κ3) is 3.56. The number of pyridine rings is 1. The summed E-state index contributed by atoms with van der Waals surface area (Å²) < 4.78 is 0. The molecular formula is C11H15N3O. The van der Waals surface area contributed by atoms with Crippen LogP contribution in [0.25, 0.3) is 0 Å². The quantitative estimate of drug-likeness (QED) is 0.801. The molecule has 0 saturated carbocycles. The summed E-state index contributed by atoms with van der Waals surface area (Å²) in [5.41, 5.74) is 0.413. The topological polar surface area (TPSA) is 60.1 Å². The Morgan fingerprint density at radius 3 is 2.93 bits per heavy atom. The minimum Gasteiger partial charge on any atom is -0.393 e. The van der Waals surface area contributed by atoms with Gasteiger partial charge in [0.25, 0.3) is 0 Å². The molecule has 1 heterocycles. The summed E-state index contributed by atoms with van der Waals surface area (Å²) in [6.45, 7) is 2.48. The van der Waals surface area contributed by atoms with Crippen molar-refractivity contribution < 1.29 is 5.11 Å². The molecule has 1 atom stereocenters. The predicted molar refractivity (Wildman–Crippen MR) is 58.5 cm³/mol. The molecule has 1 rings (SSSR count). The van der Waals surface area contributed by atoms with Crippen molar-refractivity contribution in [3.63, 3.8) is 0 Å². The van der Waals surface area contributed by atoms with Crippen LogP contribution in [0.2, 0.25) is 0 Å². The lowest BCUT2D eigenvalue weighted by Crippen LogP contribution is -2.22. The number of hydrogen-bond acceptors (Lipinski definition) is 4. The van der Waals surface area contributed by atoms with Gasteiger partial charge in [0.2, 0.25) is 0 Å². The Kier molecular flexibility index (Phi) is 4.07. The highest BCUT2D eigenvalue weighted by Gasteiger charge is 2.04. The number of nitrogens with zero attached hydrogens (tertiary/aromatic N) is 3. The van der Waals surface area contributed by atoms with E-state index in [1.807, 2.05) is 24.1 Å². The Balaban J connectivity index is 2.65. The summed E-state index contributed by atoms with van der Waals surface area (Å²) in [6, 6.07) is 7.33. The molecule has 1 N–H and O–H groups in total. The molecular weight excluding hydrogens is 190 g/mol. The van der Waals surface area contributed by atoms with Gasteiger partial charge in [0.15, 0.2) is 0 Å². The zero-order valence-corrected chi connectivity index (χ0v) is 9.01. The molecule has 4 heteroatoms. The van der Waals surface area contributed by atoms with Crippen molar-refractivity contribution >= 4 is 5.82 Å². The zero-order chi connectivity index (χ0) is 11.3. The first-order chi connectivity index (χ1) is 7.13. The first-order valence-corrected chi connectivity index (χ1v) is 4.90. The lowest BCUT2D eigenvalue weighted by Gasteiger charge is -2.18. The highest BCUT2D eigenvalue weighted by molar-refractivity contribution is 5.40. The van der Waals surface area contributed by atoms with Crippen LogP contribution in [0.3, 0.4) is 0 Å². The molecule has 0 saturated heterocycles. The second kappa shape index (κ2) is 5.32. The number of hydrogen-bond donors (Lipinski definition) is 1. The van der Waals surface area contributed by atoms with Crippen LogP contribution in [-0.2, 0) is 0 Å². The summed E-state index contributed by atoms with van der Waals surface area (Å²) in [5.74, 6) is 0.759. The smallest absolute Gasteiger partial charge is 0.142 e. The van der Waals surface area contributed by atoms with Crippen molar-refractivity contribution in [1.29, 1.82) is 5.26 Å². The van der Waals surface area contributed by atoms with Crippen molar-refractivity contribution in [2.75, 3.05) is 18.5 Å². The first-order valence-electron chi connectivity index (χ1n) is 4.90. The second-order valence-electron chi connectivity index (χ2n) is 3.55. The predicted octanol–water partition coefficient (Wildman–Crippen LogP) is 1.16. The van der Waals surface area contributed by atoms with Gasteiger partial charge in [0.1, 0.15) is 17.6 Å². The van der Waals surface area contributed by atoms with E-state index < -0.39 is 0 Å². The third-order valence-electron chi connectivity index (χ3n) is 2.12. The molecule has 1 unspecified atom stereocenters. The third-order valence-corrected chi connectivity index (χ3v) is 2.12. The molecule has 0 spiro atoms. The van der Waals surface area contributed by atoms with E-state index in [4.69, 9.17) is 10.4 Å². The molecule has 0 amide bonds. The van der Waals surface area contributed by atoms with Gasteiger partial charge in [0, 0.05) is 13.6 Å². The zero-order valence-electron chi connectivity index (χ0n) is 9.01. The van der Waals surface area contributed by atoms with Crippen LogP contribution in [0.5, 0.6) is 0 Å². The van der Waals surface area contributed by atoms with Crippen molar-refractivity contribution in [3.8, 4) is 6.07 Å².